The average Bonchev–Trinajstić information content (AvgIpc) is 2.89. The molecule has 2 N–H and O–H groups in total. The number of rotatable bonds is 4. The molecule has 25 heavy (non-hydrogen) atoms. The molecule has 3 rings (SSSR count). The van der Waals surface area contributed by atoms with E-state index in [1.54, 1.807) is 41.2 Å². The number of nitrogens with one attached hydrogen (secondary N) is 2. The first-order valence-electron chi connectivity index (χ1n) is 7.31. The molecule has 0 aliphatic heterocycles. The number of amides is 2. The zero-order chi connectivity index (χ0) is 17.8. The predicted molar refractivity (Wildman–Crippen MR) is 102 cm³/mol. The van der Waals surface area contributed by atoms with Crippen LogP contribution in [0.3, 0.4) is 0 Å². The van der Waals surface area contributed by atoms with Gasteiger partial charge in [0, 0.05) is 21.9 Å². The maximum atomic E-state index is 12.1. The molecule has 2 amide bonds. The van der Waals surface area contributed by atoms with E-state index in [0.717, 1.165) is 5.56 Å². The summed E-state index contributed by atoms with van der Waals surface area (Å²) in [5.74, 6) is 0.258. The van der Waals surface area contributed by atoms with Crippen LogP contribution in [0.15, 0.2) is 54.7 Å². The molecule has 0 bridgehead atoms. The number of benzene rings is 2. The van der Waals surface area contributed by atoms with Gasteiger partial charge in [0.1, 0.15) is 5.02 Å². The molecule has 0 atom stereocenters. The Bertz CT molecular complexity index is 910. The fourth-order valence-corrected chi connectivity index (χ4v) is 2.78. The van der Waals surface area contributed by atoms with Gasteiger partial charge in [-0.05, 0) is 29.8 Å². The SMILES string of the molecule is O=C(Nc1cccc(Cl)c1)Nc1nn(Cc2ccccc2Cl)cc1Cl. The highest BCUT2D eigenvalue weighted by atomic mass is 35.5. The summed E-state index contributed by atoms with van der Waals surface area (Å²) in [5, 5.41) is 11.0. The summed E-state index contributed by atoms with van der Waals surface area (Å²) >= 11 is 18.2. The summed E-state index contributed by atoms with van der Waals surface area (Å²) in [4.78, 5) is 12.1. The molecule has 0 fully saturated rings. The summed E-state index contributed by atoms with van der Waals surface area (Å²) in [6.07, 6.45) is 1.62. The van der Waals surface area contributed by atoms with Gasteiger partial charge in [-0.25, -0.2) is 4.79 Å². The van der Waals surface area contributed by atoms with Gasteiger partial charge in [-0.3, -0.25) is 10.00 Å². The third kappa shape index (κ3) is 4.66. The highest BCUT2D eigenvalue weighted by Gasteiger charge is 2.12. The smallest absolute Gasteiger partial charge is 0.308 e. The van der Waals surface area contributed by atoms with E-state index in [1.807, 2.05) is 18.2 Å². The van der Waals surface area contributed by atoms with Gasteiger partial charge in [0.05, 0.1) is 6.54 Å². The number of urea groups is 1. The number of nitrogens with zero attached hydrogens (tertiary/aromatic N) is 2. The second kappa shape index (κ2) is 7.78. The summed E-state index contributed by atoms with van der Waals surface area (Å²) in [5.41, 5.74) is 1.47. The van der Waals surface area contributed by atoms with E-state index in [9.17, 15) is 4.79 Å². The van der Waals surface area contributed by atoms with Crippen molar-refractivity contribution in [2.45, 2.75) is 6.54 Å². The number of anilines is 2. The molecule has 128 valence electrons. The Morgan fingerprint density at radius 3 is 2.56 bits per heavy atom. The fourth-order valence-electron chi connectivity index (χ4n) is 2.20. The molecule has 0 aliphatic rings. The molecule has 0 saturated heterocycles. The maximum Gasteiger partial charge on any atom is 0.324 e. The van der Waals surface area contributed by atoms with Gasteiger partial charge in [-0.15, -0.1) is 0 Å². The van der Waals surface area contributed by atoms with Gasteiger partial charge in [0.2, 0.25) is 0 Å². The molecule has 1 aromatic heterocycles. The quantitative estimate of drug-likeness (QED) is 0.609. The van der Waals surface area contributed by atoms with E-state index in [4.69, 9.17) is 34.8 Å². The molecular weight excluding hydrogens is 383 g/mol. The van der Waals surface area contributed by atoms with Crippen molar-refractivity contribution < 1.29 is 4.79 Å². The lowest BCUT2D eigenvalue weighted by atomic mass is 10.2. The summed E-state index contributed by atoms with van der Waals surface area (Å²) < 4.78 is 1.61. The molecule has 8 heteroatoms. The van der Waals surface area contributed by atoms with Crippen molar-refractivity contribution in [2.24, 2.45) is 0 Å². The van der Waals surface area contributed by atoms with Gasteiger partial charge in [-0.1, -0.05) is 59.1 Å². The van der Waals surface area contributed by atoms with Crippen LogP contribution in [-0.2, 0) is 6.54 Å². The first kappa shape index (κ1) is 17.6. The van der Waals surface area contributed by atoms with Crippen molar-refractivity contribution in [1.29, 1.82) is 0 Å². The van der Waals surface area contributed by atoms with Crippen LogP contribution in [0.4, 0.5) is 16.3 Å². The molecule has 3 aromatic rings. The molecule has 0 spiro atoms. The predicted octanol–water partition coefficient (Wildman–Crippen LogP) is 5.54. The monoisotopic (exact) mass is 394 g/mol. The number of carbonyl (C=O) groups excluding carboxylic acids is 1. The standard InChI is InChI=1S/C17H13Cl3N4O/c18-12-5-3-6-13(8-12)21-17(25)22-16-15(20)10-24(23-16)9-11-4-1-2-7-14(11)19/h1-8,10H,9H2,(H2,21,22,23,25). The number of hydrogen-bond acceptors (Lipinski definition) is 2. The zero-order valence-electron chi connectivity index (χ0n) is 12.8. The number of carbonyl (C=O) groups is 1. The van der Waals surface area contributed by atoms with Crippen LogP contribution in [0.5, 0.6) is 0 Å². The zero-order valence-corrected chi connectivity index (χ0v) is 15.1. The molecule has 0 aliphatic carbocycles. The lowest BCUT2D eigenvalue weighted by Gasteiger charge is -2.06. The normalized spacial score (nSPS) is 10.5. The van der Waals surface area contributed by atoms with Gasteiger partial charge in [0.15, 0.2) is 5.82 Å². The molecule has 0 unspecified atom stereocenters. The Morgan fingerprint density at radius 1 is 1.00 bits per heavy atom. The summed E-state index contributed by atoms with van der Waals surface area (Å²) in [7, 11) is 0. The highest BCUT2D eigenvalue weighted by molar-refractivity contribution is 6.33. The van der Waals surface area contributed by atoms with E-state index in [0.29, 0.717) is 27.3 Å². The minimum absolute atomic E-state index is 0.258. The average molecular weight is 396 g/mol. The summed E-state index contributed by atoms with van der Waals surface area (Å²) in [6, 6.07) is 13.8. The lowest BCUT2D eigenvalue weighted by molar-refractivity contribution is 0.262. The van der Waals surface area contributed by atoms with Crippen LogP contribution in [0.1, 0.15) is 5.56 Å². The fraction of sp³-hybridized carbons (Fsp3) is 0.0588. The number of hydrogen-bond donors (Lipinski definition) is 2. The highest BCUT2D eigenvalue weighted by Crippen LogP contribution is 2.22. The van der Waals surface area contributed by atoms with Crippen LogP contribution in [0.2, 0.25) is 15.1 Å². The van der Waals surface area contributed by atoms with E-state index in [2.05, 4.69) is 15.7 Å². The van der Waals surface area contributed by atoms with Crippen molar-refractivity contribution in [3.05, 3.63) is 75.4 Å². The topological polar surface area (TPSA) is 59.0 Å². The van der Waals surface area contributed by atoms with Gasteiger partial charge >= 0.3 is 6.03 Å². The minimum Gasteiger partial charge on any atom is -0.308 e. The number of aromatic nitrogens is 2. The second-order valence-corrected chi connectivity index (χ2v) is 6.45. The van der Waals surface area contributed by atoms with E-state index in [-0.39, 0.29) is 5.82 Å². The van der Waals surface area contributed by atoms with Crippen molar-refractivity contribution in [3.8, 4) is 0 Å². The molecular formula is C17H13Cl3N4O. The second-order valence-electron chi connectivity index (χ2n) is 5.20. The molecule has 5 nitrogen and oxygen atoms in total. The van der Waals surface area contributed by atoms with Gasteiger partial charge < -0.3 is 5.32 Å². The lowest BCUT2D eigenvalue weighted by Crippen LogP contribution is -2.20. The van der Waals surface area contributed by atoms with E-state index >= 15 is 0 Å². The molecule has 1 heterocycles. The van der Waals surface area contributed by atoms with Crippen molar-refractivity contribution >= 4 is 52.3 Å². The van der Waals surface area contributed by atoms with Crippen LogP contribution in [0.25, 0.3) is 0 Å². The first-order valence-corrected chi connectivity index (χ1v) is 8.44. The Kier molecular flexibility index (Phi) is 5.48. The Morgan fingerprint density at radius 2 is 1.80 bits per heavy atom. The first-order chi connectivity index (χ1) is 12.0. The number of halogens is 3. The van der Waals surface area contributed by atoms with Gasteiger partial charge in [0.25, 0.3) is 0 Å². The third-order valence-electron chi connectivity index (χ3n) is 3.32. The third-order valence-corrected chi connectivity index (χ3v) is 4.20. The van der Waals surface area contributed by atoms with Crippen molar-refractivity contribution in [2.75, 3.05) is 10.6 Å². The van der Waals surface area contributed by atoms with Crippen molar-refractivity contribution in [3.63, 3.8) is 0 Å². The van der Waals surface area contributed by atoms with Crippen LogP contribution >= 0.6 is 34.8 Å². The Balaban J connectivity index is 1.68. The molecule has 2 aromatic carbocycles. The Labute approximate surface area is 159 Å². The largest absolute Gasteiger partial charge is 0.324 e. The maximum absolute atomic E-state index is 12.1. The molecule has 0 saturated carbocycles. The van der Waals surface area contributed by atoms with E-state index < -0.39 is 6.03 Å². The Hall–Kier alpha value is -2.21. The van der Waals surface area contributed by atoms with Crippen molar-refractivity contribution in [1.82, 2.24) is 9.78 Å². The van der Waals surface area contributed by atoms with Crippen LogP contribution in [-0.4, -0.2) is 15.8 Å². The molecule has 0 radical (unpaired) electrons. The van der Waals surface area contributed by atoms with Crippen LogP contribution < -0.4 is 10.6 Å². The minimum atomic E-state index is -0.466. The summed E-state index contributed by atoms with van der Waals surface area (Å²) in [6.45, 7) is 0.441. The van der Waals surface area contributed by atoms with E-state index in [1.165, 1.54) is 0 Å². The van der Waals surface area contributed by atoms with Gasteiger partial charge in [-0.2, -0.15) is 5.10 Å². The van der Waals surface area contributed by atoms with Crippen LogP contribution in [0, 0.1) is 0 Å².